The van der Waals surface area contributed by atoms with Crippen LogP contribution in [-0.2, 0) is 16.0 Å². The Morgan fingerprint density at radius 3 is 2.64 bits per heavy atom. The van der Waals surface area contributed by atoms with E-state index in [1.165, 1.54) is 18.0 Å². The third kappa shape index (κ3) is 3.41. The van der Waals surface area contributed by atoms with Gasteiger partial charge < -0.3 is 9.64 Å². The minimum Gasteiger partial charge on any atom is -0.451 e. The molecular formula is C21H19N3O3S. The summed E-state index contributed by atoms with van der Waals surface area (Å²) in [5, 5.41) is 0.679. The molecule has 2 aromatic carbocycles. The number of hydrogen-bond donors (Lipinski definition) is 0. The van der Waals surface area contributed by atoms with Crippen molar-refractivity contribution in [3.05, 3.63) is 72.1 Å². The molecule has 1 aliphatic heterocycles. The summed E-state index contributed by atoms with van der Waals surface area (Å²) in [6.45, 7) is 0.302. The lowest BCUT2D eigenvalue weighted by Gasteiger charge is -2.17. The number of hydrogen-bond acceptors (Lipinski definition) is 5. The molecule has 0 spiro atoms. The molecule has 0 fully saturated rings. The largest absolute Gasteiger partial charge is 0.451 e. The summed E-state index contributed by atoms with van der Waals surface area (Å²) >= 11 is 1.43. The van der Waals surface area contributed by atoms with Gasteiger partial charge in [-0.2, -0.15) is 0 Å². The van der Waals surface area contributed by atoms with Gasteiger partial charge in [0.15, 0.2) is 17.5 Å². The molecule has 1 aromatic heterocycles. The molecule has 0 bridgehead atoms. The molecule has 2 heterocycles. The topological polar surface area (TPSA) is 64.4 Å². The highest BCUT2D eigenvalue weighted by Crippen LogP contribution is 2.27. The average molecular weight is 393 g/mol. The number of amides is 1. The Hall–Kier alpha value is -3.06. The third-order valence-electron chi connectivity index (χ3n) is 4.65. The Bertz CT molecular complexity index is 1020. The molecule has 1 amide bonds. The number of ether oxygens (including phenoxy) is 1. The van der Waals surface area contributed by atoms with Crippen molar-refractivity contribution in [3.63, 3.8) is 0 Å². The first-order valence-electron chi connectivity index (χ1n) is 8.91. The predicted octanol–water partition coefficient (Wildman–Crippen LogP) is 3.34. The lowest BCUT2D eigenvalue weighted by atomic mass is 10.2. The molecule has 1 aliphatic rings. The minimum atomic E-state index is -0.572. The van der Waals surface area contributed by atoms with Crippen LogP contribution in [0.2, 0.25) is 0 Å². The van der Waals surface area contributed by atoms with Crippen LogP contribution in [0.5, 0.6) is 0 Å². The van der Waals surface area contributed by atoms with E-state index in [2.05, 4.69) is 4.98 Å². The van der Waals surface area contributed by atoms with E-state index < -0.39 is 5.97 Å². The number of fused-ring (bicyclic) bond motifs is 1. The Morgan fingerprint density at radius 2 is 1.86 bits per heavy atom. The van der Waals surface area contributed by atoms with E-state index in [1.54, 1.807) is 9.47 Å². The van der Waals surface area contributed by atoms with E-state index in [0.717, 1.165) is 23.4 Å². The Kier molecular flexibility index (Phi) is 5.16. The molecule has 6 nitrogen and oxygen atoms in total. The normalized spacial score (nSPS) is 12.7. The van der Waals surface area contributed by atoms with Crippen LogP contribution >= 0.6 is 11.8 Å². The smallest absolute Gasteiger partial charge is 0.357 e. The molecule has 3 aromatic rings. The van der Waals surface area contributed by atoms with Crippen LogP contribution in [0.15, 0.2) is 66.0 Å². The molecule has 142 valence electrons. The Balaban J connectivity index is 1.49. The van der Waals surface area contributed by atoms with Crippen molar-refractivity contribution >= 4 is 29.3 Å². The number of nitrogens with zero attached hydrogens (tertiary/aromatic N) is 3. The molecule has 7 heteroatoms. The maximum absolute atomic E-state index is 12.7. The molecule has 28 heavy (non-hydrogen) atoms. The second kappa shape index (κ2) is 7.90. The van der Waals surface area contributed by atoms with Gasteiger partial charge in [-0.25, -0.2) is 9.78 Å². The van der Waals surface area contributed by atoms with Crippen molar-refractivity contribution in [3.8, 4) is 5.69 Å². The summed E-state index contributed by atoms with van der Waals surface area (Å²) in [7, 11) is 0. The zero-order valence-electron chi connectivity index (χ0n) is 15.4. The molecule has 0 saturated carbocycles. The minimum absolute atomic E-state index is 0.228. The first-order valence-corrected chi connectivity index (χ1v) is 10.1. The van der Waals surface area contributed by atoms with Crippen LogP contribution < -0.4 is 4.90 Å². The number of esters is 1. The number of para-hydroxylation sites is 2. The standard InChI is InChI=1S/C21H19N3O3S/c1-28-21-22-13-18(24(21)16-8-3-2-4-9-16)20(26)27-14-19(25)23-12-11-15-7-5-6-10-17(15)23/h2-10,13H,11-12,14H2,1H3. The van der Waals surface area contributed by atoms with Crippen molar-refractivity contribution in [2.75, 3.05) is 24.3 Å². The first kappa shape index (κ1) is 18.3. The molecule has 0 aliphatic carbocycles. The number of carbonyl (C=O) groups excluding carboxylic acids is 2. The zero-order chi connectivity index (χ0) is 19.5. The van der Waals surface area contributed by atoms with Crippen molar-refractivity contribution in [1.29, 1.82) is 0 Å². The van der Waals surface area contributed by atoms with Gasteiger partial charge in [-0.15, -0.1) is 0 Å². The van der Waals surface area contributed by atoms with Gasteiger partial charge in [0.05, 0.1) is 6.20 Å². The summed E-state index contributed by atoms with van der Waals surface area (Å²) in [5.74, 6) is -0.799. The van der Waals surface area contributed by atoms with Gasteiger partial charge in [0.25, 0.3) is 5.91 Å². The molecular weight excluding hydrogens is 374 g/mol. The van der Waals surface area contributed by atoms with E-state index in [1.807, 2.05) is 60.9 Å². The average Bonchev–Trinajstić information content (AvgIpc) is 3.36. The van der Waals surface area contributed by atoms with E-state index in [-0.39, 0.29) is 12.5 Å². The second-order valence-electron chi connectivity index (χ2n) is 6.30. The van der Waals surface area contributed by atoms with Crippen LogP contribution in [0.4, 0.5) is 5.69 Å². The number of thioether (sulfide) groups is 1. The van der Waals surface area contributed by atoms with E-state index in [4.69, 9.17) is 4.74 Å². The van der Waals surface area contributed by atoms with Crippen LogP contribution in [0, 0.1) is 0 Å². The van der Waals surface area contributed by atoms with Gasteiger partial charge in [0.1, 0.15) is 0 Å². The fourth-order valence-electron chi connectivity index (χ4n) is 3.33. The number of imidazole rings is 1. The van der Waals surface area contributed by atoms with Crippen LogP contribution in [-0.4, -0.2) is 40.8 Å². The summed E-state index contributed by atoms with van der Waals surface area (Å²) in [6, 6.07) is 17.3. The predicted molar refractivity (Wildman–Crippen MR) is 108 cm³/mol. The summed E-state index contributed by atoms with van der Waals surface area (Å²) in [5.41, 5.74) is 3.14. The van der Waals surface area contributed by atoms with Gasteiger partial charge in [0, 0.05) is 17.9 Å². The highest BCUT2D eigenvalue weighted by atomic mass is 32.2. The second-order valence-corrected chi connectivity index (χ2v) is 7.07. The quantitative estimate of drug-likeness (QED) is 0.491. The maximum atomic E-state index is 12.7. The van der Waals surface area contributed by atoms with E-state index >= 15 is 0 Å². The van der Waals surface area contributed by atoms with Gasteiger partial charge >= 0.3 is 5.97 Å². The lowest BCUT2D eigenvalue weighted by Crippen LogP contribution is -2.33. The summed E-state index contributed by atoms with van der Waals surface area (Å²) in [6.07, 6.45) is 4.19. The number of benzene rings is 2. The highest BCUT2D eigenvalue weighted by Gasteiger charge is 2.26. The van der Waals surface area contributed by atoms with E-state index in [9.17, 15) is 9.59 Å². The number of aromatic nitrogens is 2. The monoisotopic (exact) mass is 393 g/mol. The fourth-order valence-corrected chi connectivity index (χ4v) is 3.87. The zero-order valence-corrected chi connectivity index (χ0v) is 16.2. The SMILES string of the molecule is CSc1ncc(C(=O)OCC(=O)N2CCc3ccccc32)n1-c1ccccc1. The van der Waals surface area contributed by atoms with Crippen LogP contribution in [0.3, 0.4) is 0 Å². The first-order chi connectivity index (χ1) is 13.7. The van der Waals surface area contributed by atoms with Gasteiger partial charge in [-0.1, -0.05) is 48.2 Å². The van der Waals surface area contributed by atoms with Crippen molar-refractivity contribution < 1.29 is 14.3 Å². The van der Waals surface area contributed by atoms with Crippen molar-refractivity contribution in [2.45, 2.75) is 11.6 Å². The molecule has 0 unspecified atom stereocenters. The summed E-state index contributed by atoms with van der Waals surface area (Å²) in [4.78, 5) is 31.2. The molecule has 0 N–H and O–H groups in total. The highest BCUT2D eigenvalue weighted by molar-refractivity contribution is 7.98. The number of rotatable bonds is 5. The molecule has 0 saturated heterocycles. The van der Waals surface area contributed by atoms with Gasteiger partial charge in [-0.05, 0) is 36.4 Å². The van der Waals surface area contributed by atoms with Crippen molar-refractivity contribution in [2.24, 2.45) is 0 Å². The molecule has 0 radical (unpaired) electrons. The van der Waals surface area contributed by atoms with Crippen molar-refractivity contribution in [1.82, 2.24) is 9.55 Å². The third-order valence-corrected chi connectivity index (χ3v) is 5.30. The molecule has 0 atom stereocenters. The van der Waals surface area contributed by atoms with Crippen LogP contribution in [0.1, 0.15) is 16.1 Å². The number of anilines is 1. The maximum Gasteiger partial charge on any atom is 0.357 e. The summed E-state index contributed by atoms with van der Waals surface area (Å²) < 4.78 is 7.08. The van der Waals surface area contributed by atoms with Gasteiger partial charge in [-0.3, -0.25) is 9.36 Å². The van der Waals surface area contributed by atoms with E-state index in [0.29, 0.717) is 17.4 Å². The number of carbonyl (C=O) groups is 2. The lowest BCUT2D eigenvalue weighted by molar-refractivity contribution is -0.121. The Morgan fingerprint density at radius 1 is 1.11 bits per heavy atom. The van der Waals surface area contributed by atoms with Gasteiger partial charge in [0.2, 0.25) is 0 Å². The fraction of sp³-hybridized carbons (Fsp3) is 0.190. The Labute approximate surface area is 167 Å². The molecule has 4 rings (SSSR count). The van der Waals surface area contributed by atoms with Crippen LogP contribution in [0.25, 0.3) is 5.69 Å².